The molecule has 1 saturated carbocycles. The van der Waals surface area contributed by atoms with Crippen molar-refractivity contribution < 1.29 is 4.74 Å². The second-order valence-electron chi connectivity index (χ2n) is 6.71. The molecule has 4 aromatic rings. The number of fused-ring (bicyclic) bond motifs is 1. The van der Waals surface area contributed by atoms with E-state index in [1.165, 1.54) is 5.56 Å². The lowest BCUT2D eigenvalue weighted by Gasteiger charge is -2.14. The zero-order valence-corrected chi connectivity index (χ0v) is 15.8. The van der Waals surface area contributed by atoms with E-state index in [1.807, 2.05) is 53.1 Å². The first-order valence-electron chi connectivity index (χ1n) is 8.70. The highest BCUT2D eigenvalue weighted by Crippen LogP contribution is 2.53. The van der Waals surface area contributed by atoms with Gasteiger partial charge in [-0.2, -0.15) is 0 Å². The zero-order valence-electron chi connectivity index (χ0n) is 14.3. The molecule has 2 heterocycles. The molecule has 0 aliphatic heterocycles. The molecule has 0 atom stereocenters. The van der Waals surface area contributed by atoms with Crippen LogP contribution in [-0.2, 0) is 5.41 Å². The fraction of sp³-hybridized carbons (Fsp3) is 0.143. The summed E-state index contributed by atoms with van der Waals surface area (Å²) in [6.45, 7) is 0. The number of aromatic nitrogens is 3. The average Bonchev–Trinajstić information content (AvgIpc) is 3.36. The van der Waals surface area contributed by atoms with Gasteiger partial charge in [0.05, 0.1) is 10.4 Å². The lowest BCUT2D eigenvalue weighted by Crippen LogP contribution is -2.13. The Kier molecular flexibility index (Phi) is 3.85. The molecule has 0 amide bonds. The number of halogens is 2. The van der Waals surface area contributed by atoms with Gasteiger partial charge in [0.1, 0.15) is 11.6 Å². The summed E-state index contributed by atoms with van der Waals surface area (Å²) in [6, 6.07) is 19.2. The number of para-hydroxylation sites is 1. The van der Waals surface area contributed by atoms with E-state index >= 15 is 0 Å². The van der Waals surface area contributed by atoms with Crippen LogP contribution in [0.1, 0.15) is 24.2 Å². The molecule has 0 spiro atoms. The Morgan fingerprint density at radius 1 is 0.852 bits per heavy atom. The summed E-state index contributed by atoms with van der Waals surface area (Å²) >= 11 is 12.3. The van der Waals surface area contributed by atoms with Crippen LogP contribution in [-0.4, -0.2) is 14.6 Å². The fourth-order valence-electron chi connectivity index (χ4n) is 3.48. The summed E-state index contributed by atoms with van der Waals surface area (Å²) in [7, 11) is 0. The van der Waals surface area contributed by atoms with Crippen molar-refractivity contribution in [2.45, 2.75) is 18.3 Å². The fourth-order valence-corrected chi connectivity index (χ4v) is 3.78. The van der Waals surface area contributed by atoms with E-state index in [0.717, 1.165) is 23.7 Å². The zero-order chi connectivity index (χ0) is 18.4. The van der Waals surface area contributed by atoms with Crippen molar-refractivity contribution in [3.8, 4) is 11.5 Å². The van der Waals surface area contributed by atoms with Crippen molar-refractivity contribution in [3.05, 3.63) is 88.3 Å². The van der Waals surface area contributed by atoms with Crippen LogP contribution in [0.25, 0.3) is 5.65 Å². The second kappa shape index (κ2) is 6.25. The van der Waals surface area contributed by atoms with Gasteiger partial charge < -0.3 is 4.74 Å². The van der Waals surface area contributed by atoms with Crippen LogP contribution in [0.3, 0.4) is 0 Å². The Morgan fingerprint density at radius 2 is 1.59 bits per heavy atom. The van der Waals surface area contributed by atoms with E-state index in [9.17, 15) is 0 Å². The highest BCUT2D eigenvalue weighted by molar-refractivity contribution is 6.32. The Labute approximate surface area is 166 Å². The lowest BCUT2D eigenvalue weighted by molar-refractivity contribution is 0.484. The molecule has 2 aromatic carbocycles. The maximum Gasteiger partial charge on any atom is 0.203 e. The number of ether oxygens (including phenoxy) is 1. The summed E-state index contributed by atoms with van der Waals surface area (Å²) in [6.07, 6.45) is 4.04. The normalized spacial score (nSPS) is 15.0. The van der Waals surface area contributed by atoms with E-state index in [1.54, 1.807) is 6.07 Å². The summed E-state index contributed by atoms with van der Waals surface area (Å²) in [4.78, 5) is 0. The summed E-state index contributed by atoms with van der Waals surface area (Å²) in [5.41, 5.74) is 1.76. The van der Waals surface area contributed by atoms with Crippen molar-refractivity contribution in [2.24, 2.45) is 0 Å². The van der Waals surface area contributed by atoms with Crippen LogP contribution in [0.2, 0.25) is 10.0 Å². The van der Waals surface area contributed by atoms with Crippen LogP contribution in [0.4, 0.5) is 0 Å². The minimum Gasteiger partial charge on any atom is -0.452 e. The molecule has 1 fully saturated rings. The minimum absolute atomic E-state index is 0.118. The summed E-state index contributed by atoms with van der Waals surface area (Å²) in [5.74, 6) is 2.14. The van der Waals surface area contributed by atoms with E-state index in [0.29, 0.717) is 22.2 Å². The molecule has 1 aliphatic carbocycles. The van der Waals surface area contributed by atoms with Crippen LogP contribution in [0, 0.1) is 0 Å². The van der Waals surface area contributed by atoms with E-state index in [2.05, 4.69) is 22.3 Å². The monoisotopic (exact) mass is 395 g/mol. The molecule has 0 unspecified atom stereocenters. The second-order valence-corrected chi connectivity index (χ2v) is 7.55. The molecule has 27 heavy (non-hydrogen) atoms. The number of nitrogens with zero attached hydrogens (tertiary/aromatic N) is 3. The molecular formula is C21H15Cl2N3O. The van der Waals surface area contributed by atoms with Gasteiger partial charge in [-0.3, -0.25) is 4.40 Å². The highest BCUT2D eigenvalue weighted by atomic mass is 35.5. The van der Waals surface area contributed by atoms with Gasteiger partial charge in [-0.15, -0.1) is 10.2 Å². The summed E-state index contributed by atoms with van der Waals surface area (Å²) in [5, 5.41) is 10.2. The Hall–Kier alpha value is -2.56. The molecule has 0 saturated heterocycles. The van der Waals surface area contributed by atoms with Crippen LogP contribution in [0.5, 0.6) is 11.5 Å². The first-order valence-corrected chi connectivity index (χ1v) is 9.46. The first-order chi connectivity index (χ1) is 13.2. The molecule has 134 valence electrons. The van der Waals surface area contributed by atoms with E-state index in [4.69, 9.17) is 27.9 Å². The molecule has 6 heteroatoms. The summed E-state index contributed by atoms with van der Waals surface area (Å²) < 4.78 is 8.03. The predicted octanol–water partition coefficient (Wildman–Crippen LogP) is 5.91. The number of hydrogen-bond donors (Lipinski definition) is 0. The van der Waals surface area contributed by atoms with Gasteiger partial charge in [0, 0.05) is 11.2 Å². The van der Waals surface area contributed by atoms with E-state index in [-0.39, 0.29) is 5.41 Å². The maximum absolute atomic E-state index is 6.23. The van der Waals surface area contributed by atoms with Crippen LogP contribution >= 0.6 is 23.2 Å². The van der Waals surface area contributed by atoms with Crippen LogP contribution < -0.4 is 4.74 Å². The topological polar surface area (TPSA) is 39.4 Å². The molecule has 5 rings (SSSR count). The van der Waals surface area contributed by atoms with Crippen molar-refractivity contribution in [1.82, 2.24) is 14.6 Å². The van der Waals surface area contributed by atoms with Gasteiger partial charge in [-0.05, 0) is 54.8 Å². The van der Waals surface area contributed by atoms with Gasteiger partial charge in [0.15, 0.2) is 5.75 Å². The van der Waals surface area contributed by atoms with Crippen molar-refractivity contribution in [3.63, 3.8) is 0 Å². The largest absolute Gasteiger partial charge is 0.452 e. The third kappa shape index (κ3) is 2.76. The smallest absolute Gasteiger partial charge is 0.203 e. The predicted molar refractivity (Wildman–Crippen MR) is 106 cm³/mol. The quantitative estimate of drug-likeness (QED) is 0.431. The van der Waals surface area contributed by atoms with Crippen LogP contribution in [0.15, 0.2) is 66.9 Å². The van der Waals surface area contributed by atoms with Crippen molar-refractivity contribution in [1.29, 1.82) is 0 Å². The molecule has 1 aliphatic rings. The van der Waals surface area contributed by atoms with Crippen molar-refractivity contribution in [2.75, 3.05) is 0 Å². The Bertz CT molecular complexity index is 1130. The third-order valence-electron chi connectivity index (χ3n) is 5.03. The highest BCUT2D eigenvalue weighted by Gasteiger charge is 2.49. The molecule has 0 bridgehead atoms. The number of pyridine rings is 1. The Morgan fingerprint density at radius 3 is 2.33 bits per heavy atom. The SMILES string of the molecule is Clc1ccc(C2(c3nnc4c(Oc5ccccc5Cl)cccn34)CC2)cc1. The van der Waals surface area contributed by atoms with Gasteiger partial charge >= 0.3 is 0 Å². The van der Waals surface area contributed by atoms with Crippen molar-refractivity contribution >= 4 is 28.8 Å². The molecule has 4 nitrogen and oxygen atoms in total. The molecule has 0 radical (unpaired) electrons. The Balaban J connectivity index is 1.58. The maximum atomic E-state index is 6.23. The number of benzene rings is 2. The third-order valence-corrected chi connectivity index (χ3v) is 5.59. The number of hydrogen-bond acceptors (Lipinski definition) is 3. The minimum atomic E-state index is -0.118. The number of rotatable bonds is 4. The van der Waals surface area contributed by atoms with Gasteiger partial charge in [0.2, 0.25) is 5.65 Å². The molecule has 0 N–H and O–H groups in total. The molecule has 2 aromatic heterocycles. The van der Waals surface area contributed by atoms with E-state index < -0.39 is 0 Å². The lowest BCUT2D eigenvalue weighted by atomic mass is 9.95. The van der Waals surface area contributed by atoms with Gasteiger partial charge in [-0.1, -0.05) is 47.5 Å². The molecular weight excluding hydrogens is 381 g/mol. The average molecular weight is 396 g/mol. The van der Waals surface area contributed by atoms with Gasteiger partial charge in [0.25, 0.3) is 0 Å². The van der Waals surface area contributed by atoms with Gasteiger partial charge in [-0.25, -0.2) is 0 Å². The standard InChI is InChI=1S/C21H15Cl2N3O/c22-15-9-7-14(8-10-15)21(11-12-21)20-25-24-19-18(6-3-13-26(19)20)27-17-5-2-1-4-16(17)23/h1-10,13H,11-12H2. The first kappa shape index (κ1) is 16.6.